The van der Waals surface area contributed by atoms with E-state index in [0.717, 1.165) is 17.9 Å². The number of ether oxygens (including phenoxy) is 3. The van der Waals surface area contributed by atoms with Crippen molar-refractivity contribution >= 4 is 35.6 Å². The Morgan fingerprint density at radius 1 is 1.00 bits per heavy atom. The minimum atomic E-state index is 0. The number of hydrogen-bond donors (Lipinski definition) is 2. The number of nitrogens with one attached hydrogen (secondary N) is 2. The van der Waals surface area contributed by atoms with E-state index in [4.69, 9.17) is 14.2 Å². The molecule has 0 unspecified atom stereocenters. The maximum Gasteiger partial charge on any atom is 0.195 e. The summed E-state index contributed by atoms with van der Waals surface area (Å²) in [5.74, 6) is 1.51. The second-order valence-corrected chi connectivity index (χ2v) is 5.88. The molecule has 0 aromatic heterocycles. The van der Waals surface area contributed by atoms with Crippen LogP contribution in [0.5, 0.6) is 5.75 Å². The van der Waals surface area contributed by atoms with E-state index >= 15 is 0 Å². The third-order valence-corrected chi connectivity index (χ3v) is 3.73. The highest BCUT2D eigenvalue weighted by molar-refractivity contribution is 14.0. The third-order valence-electron chi connectivity index (χ3n) is 3.73. The fraction of sp³-hybridized carbons (Fsp3) is 0.381. The highest BCUT2D eigenvalue weighted by atomic mass is 127. The molecule has 7 heteroatoms. The molecule has 0 atom stereocenters. The summed E-state index contributed by atoms with van der Waals surface area (Å²) in [6, 6.07) is 17.9. The van der Waals surface area contributed by atoms with E-state index in [1.165, 1.54) is 5.56 Å². The largest absolute Gasteiger partial charge is 0.493 e. The van der Waals surface area contributed by atoms with E-state index in [1.807, 2.05) is 42.5 Å². The van der Waals surface area contributed by atoms with Crippen LogP contribution in [0.2, 0.25) is 0 Å². The zero-order valence-corrected chi connectivity index (χ0v) is 18.8. The van der Waals surface area contributed by atoms with Gasteiger partial charge >= 0.3 is 0 Å². The molecular formula is C21H30IN3O3. The van der Waals surface area contributed by atoms with Crippen molar-refractivity contribution in [2.75, 3.05) is 45.8 Å². The molecule has 0 radical (unpaired) electrons. The Balaban J connectivity index is 0.00000392. The van der Waals surface area contributed by atoms with Crippen LogP contribution in [0, 0.1) is 0 Å². The fourth-order valence-corrected chi connectivity index (χ4v) is 2.38. The number of halogens is 1. The maximum absolute atomic E-state index is 5.72. The van der Waals surface area contributed by atoms with Gasteiger partial charge in [0.05, 0.1) is 19.8 Å². The first-order valence-electron chi connectivity index (χ1n) is 9.13. The average molecular weight is 499 g/mol. The van der Waals surface area contributed by atoms with Crippen molar-refractivity contribution in [1.29, 1.82) is 0 Å². The van der Waals surface area contributed by atoms with E-state index in [-0.39, 0.29) is 24.0 Å². The summed E-state index contributed by atoms with van der Waals surface area (Å²) in [5.41, 5.74) is 2.08. The highest BCUT2D eigenvalue weighted by Gasteiger charge is 2.01. The number of anilines is 1. The smallest absolute Gasteiger partial charge is 0.195 e. The molecule has 0 aliphatic heterocycles. The van der Waals surface area contributed by atoms with E-state index in [9.17, 15) is 0 Å². The van der Waals surface area contributed by atoms with Crippen molar-refractivity contribution in [2.24, 2.45) is 4.99 Å². The van der Waals surface area contributed by atoms with E-state index < -0.39 is 0 Å². The van der Waals surface area contributed by atoms with Crippen LogP contribution < -0.4 is 15.4 Å². The molecule has 0 saturated heterocycles. The van der Waals surface area contributed by atoms with E-state index in [1.54, 1.807) is 14.2 Å². The lowest BCUT2D eigenvalue weighted by Gasteiger charge is -2.13. The van der Waals surface area contributed by atoms with Crippen LogP contribution in [0.15, 0.2) is 59.6 Å². The second-order valence-electron chi connectivity index (χ2n) is 5.88. The van der Waals surface area contributed by atoms with Crippen LogP contribution >= 0.6 is 24.0 Å². The van der Waals surface area contributed by atoms with Crippen LogP contribution in [-0.4, -0.2) is 46.5 Å². The van der Waals surface area contributed by atoms with Gasteiger partial charge in [-0.2, -0.15) is 0 Å². The van der Waals surface area contributed by atoms with Gasteiger partial charge in [0.1, 0.15) is 5.75 Å². The average Bonchev–Trinajstić information content (AvgIpc) is 2.71. The first-order chi connectivity index (χ1) is 13.3. The van der Waals surface area contributed by atoms with Crippen LogP contribution in [0.4, 0.5) is 5.69 Å². The van der Waals surface area contributed by atoms with Gasteiger partial charge < -0.3 is 24.8 Å². The minimum absolute atomic E-state index is 0. The summed E-state index contributed by atoms with van der Waals surface area (Å²) in [7, 11) is 3.43. The van der Waals surface area contributed by atoms with Crippen LogP contribution in [0.1, 0.15) is 12.0 Å². The molecule has 2 aromatic rings. The lowest BCUT2D eigenvalue weighted by molar-refractivity contribution is 0.125. The SMILES string of the molecule is CN=C(NCCOCc1ccccc1)Nc1cccc(OCCCOC)c1.I. The number of hydrogen-bond acceptors (Lipinski definition) is 4. The first kappa shape index (κ1) is 24.2. The lowest BCUT2D eigenvalue weighted by atomic mass is 10.2. The van der Waals surface area contributed by atoms with Crippen LogP contribution in [0.25, 0.3) is 0 Å². The van der Waals surface area contributed by atoms with Crippen molar-refractivity contribution in [1.82, 2.24) is 5.32 Å². The summed E-state index contributed by atoms with van der Waals surface area (Å²) in [5, 5.41) is 6.50. The number of benzene rings is 2. The monoisotopic (exact) mass is 499 g/mol. The Morgan fingerprint density at radius 3 is 2.57 bits per heavy atom. The standard InChI is InChI=1S/C21H29N3O3.HI/c1-22-21(23-12-15-26-17-18-8-4-3-5-9-18)24-19-10-6-11-20(16-19)27-14-7-13-25-2;/h3-6,8-11,16H,7,12-15,17H2,1-2H3,(H2,22,23,24);1H. The van der Waals surface area contributed by atoms with Gasteiger partial charge in [-0.05, 0) is 17.7 Å². The Bertz CT molecular complexity index is 684. The molecule has 0 amide bonds. The molecule has 2 rings (SSSR count). The van der Waals surface area contributed by atoms with Gasteiger partial charge in [0.25, 0.3) is 0 Å². The zero-order chi connectivity index (χ0) is 19.2. The van der Waals surface area contributed by atoms with Gasteiger partial charge in [-0.15, -0.1) is 24.0 Å². The number of guanidine groups is 1. The first-order valence-corrected chi connectivity index (χ1v) is 9.13. The van der Waals surface area contributed by atoms with Crippen molar-refractivity contribution in [2.45, 2.75) is 13.0 Å². The summed E-state index contributed by atoms with van der Waals surface area (Å²) in [4.78, 5) is 4.24. The van der Waals surface area contributed by atoms with Crippen LogP contribution in [0.3, 0.4) is 0 Å². The predicted octanol–water partition coefficient (Wildman–Crippen LogP) is 3.92. The Morgan fingerprint density at radius 2 is 1.82 bits per heavy atom. The van der Waals surface area contributed by atoms with Gasteiger partial charge in [0.15, 0.2) is 5.96 Å². The molecule has 2 N–H and O–H groups in total. The molecule has 2 aromatic carbocycles. The van der Waals surface area contributed by atoms with Crippen molar-refractivity contribution in [3.05, 3.63) is 60.2 Å². The van der Waals surface area contributed by atoms with Crippen molar-refractivity contribution in [3.63, 3.8) is 0 Å². The highest BCUT2D eigenvalue weighted by Crippen LogP contribution is 2.17. The Kier molecular flexibility index (Phi) is 13.1. The van der Waals surface area contributed by atoms with Gasteiger partial charge in [-0.1, -0.05) is 36.4 Å². The number of nitrogens with zero attached hydrogens (tertiary/aromatic N) is 1. The molecular weight excluding hydrogens is 469 g/mol. The summed E-state index contributed by atoms with van der Waals surface area (Å²) < 4.78 is 16.4. The summed E-state index contributed by atoms with van der Waals surface area (Å²) in [6.07, 6.45) is 0.861. The van der Waals surface area contributed by atoms with Crippen molar-refractivity contribution < 1.29 is 14.2 Å². The molecule has 154 valence electrons. The predicted molar refractivity (Wildman–Crippen MR) is 125 cm³/mol. The lowest BCUT2D eigenvalue weighted by Crippen LogP contribution is -2.33. The molecule has 0 heterocycles. The molecule has 0 fully saturated rings. The van der Waals surface area contributed by atoms with Crippen molar-refractivity contribution in [3.8, 4) is 5.75 Å². The van der Waals surface area contributed by atoms with E-state index in [0.29, 0.717) is 38.9 Å². The maximum atomic E-state index is 5.72. The Labute approximate surface area is 184 Å². The molecule has 0 spiro atoms. The quantitative estimate of drug-likeness (QED) is 0.212. The molecule has 0 saturated carbocycles. The normalized spacial score (nSPS) is 10.9. The minimum Gasteiger partial charge on any atom is -0.493 e. The molecule has 0 aliphatic rings. The van der Waals surface area contributed by atoms with E-state index in [2.05, 4.69) is 27.8 Å². The van der Waals surface area contributed by atoms with Gasteiger partial charge in [0.2, 0.25) is 0 Å². The van der Waals surface area contributed by atoms with Gasteiger partial charge in [-0.25, -0.2) is 0 Å². The zero-order valence-electron chi connectivity index (χ0n) is 16.5. The summed E-state index contributed by atoms with van der Waals surface area (Å²) >= 11 is 0. The van der Waals surface area contributed by atoms with Gasteiger partial charge in [0, 0.05) is 45.5 Å². The molecule has 6 nitrogen and oxygen atoms in total. The summed E-state index contributed by atoms with van der Waals surface area (Å²) in [6.45, 7) is 3.19. The topological polar surface area (TPSA) is 64.1 Å². The second kappa shape index (κ2) is 15.1. The van der Waals surface area contributed by atoms with Crippen LogP contribution in [-0.2, 0) is 16.1 Å². The molecule has 0 bridgehead atoms. The number of aliphatic imine (C=N–C) groups is 1. The van der Waals surface area contributed by atoms with Gasteiger partial charge in [-0.3, -0.25) is 4.99 Å². The molecule has 0 aliphatic carbocycles. The number of methoxy groups -OCH3 is 1. The third kappa shape index (κ3) is 9.91. The number of rotatable bonds is 11. The molecule has 28 heavy (non-hydrogen) atoms. The fourth-order valence-electron chi connectivity index (χ4n) is 2.38. The Hall–Kier alpha value is -1.84.